The minimum absolute atomic E-state index is 0.00353. The van der Waals surface area contributed by atoms with Crippen molar-refractivity contribution in [3.63, 3.8) is 0 Å². The Morgan fingerprint density at radius 1 is 1.19 bits per heavy atom. The number of rotatable bonds is 5. The molecule has 0 saturated carbocycles. The van der Waals surface area contributed by atoms with Crippen LogP contribution in [0, 0.1) is 12.7 Å². The van der Waals surface area contributed by atoms with Crippen LogP contribution in [0.25, 0.3) is 0 Å². The van der Waals surface area contributed by atoms with Crippen molar-refractivity contribution < 1.29 is 21.2 Å². The number of hydrogen-bond acceptors (Lipinski definition) is 8. The maximum atomic E-state index is 14.1. The van der Waals surface area contributed by atoms with Crippen LogP contribution in [-0.4, -0.2) is 57.8 Å². The predicted octanol–water partition coefficient (Wildman–Crippen LogP) is 2.62. The first-order valence-corrected chi connectivity index (χ1v) is 14.2. The van der Waals surface area contributed by atoms with E-state index in [0.29, 0.717) is 42.1 Å². The molecule has 4 bridgehead atoms. The minimum Gasteiger partial charge on any atom is -0.370 e. The number of halogens is 1. The lowest BCUT2D eigenvalue weighted by Crippen LogP contribution is -2.29. The van der Waals surface area contributed by atoms with Crippen LogP contribution in [0.4, 0.5) is 21.8 Å². The minimum atomic E-state index is -4.04. The average Bonchev–Trinajstić information content (AvgIpc) is 2.84. The Bertz CT molecular complexity index is 1480. The summed E-state index contributed by atoms with van der Waals surface area (Å²) in [5.41, 5.74) is 1.79. The Balaban J connectivity index is 1.54. The molecule has 1 aliphatic heterocycles. The van der Waals surface area contributed by atoms with Crippen molar-refractivity contribution in [3.8, 4) is 0 Å². The Morgan fingerprint density at radius 2 is 2.00 bits per heavy atom. The average molecular weight is 535 g/mol. The molecule has 0 aliphatic carbocycles. The fourth-order valence-electron chi connectivity index (χ4n) is 3.69. The predicted molar refractivity (Wildman–Crippen MR) is 135 cm³/mol. The van der Waals surface area contributed by atoms with Crippen molar-refractivity contribution in [1.82, 2.24) is 19.0 Å². The highest BCUT2D eigenvalue weighted by Crippen LogP contribution is 2.23. The second kappa shape index (κ2) is 10.5. The van der Waals surface area contributed by atoms with E-state index in [1.165, 1.54) is 35.6 Å². The van der Waals surface area contributed by atoms with E-state index in [1.807, 2.05) is 0 Å². The van der Waals surface area contributed by atoms with Gasteiger partial charge < -0.3 is 10.6 Å². The second-order valence-corrected chi connectivity index (χ2v) is 12.2. The Hall–Kier alpha value is -3.13. The smallest absolute Gasteiger partial charge is 0.243 e. The Morgan fingerprint density at radius 3 is 2.81 bits per heavy atom. The maximum absolute atomic E-state index is 14.1. The summed E-state index contributed by atoms with van der Waals surface area (Å²) < 4.78 is 68.7. The molecule has 0 fully saturated rings. The normalized spacial score (nSPS) is 16.1. The van der Waals surface area contributed by atoms with Crippen LogP contribution in [-0.2, 0) is 26.5 Å². The van der Waals surface area contributed by atoms with E-state index in [4.69, 9.17) is 0 Å². The second-order valence-electron chi connectivity index (χ2n) is 8.41. The molecule has 2 heterocycles. The molecule has 192 valence electrons. The first-order valence-electron chi connectivity index (χ1n) is 11.3. The Labute approximate surface area is 210 Å². The van der Waals surface area contributed by atoms with Crippen molar-refractivity contribution in [1.29, 1.82) is 0 Å². The molecule has 0 atom stereocenters. The van der Waals surface area contributed by atoms with Crippen molar-refractivity contribution in [3.05, 3.63) is 65.6 Å². The lowest BCUT2D eigenvalue weighted by molar-refractivity contribution is 0.465. The summed E-state index contributed by atoms with van der Waals surface area (Å²) in [5, 5.41) is 6.21. The van der Waals surface area contributed by atoms with Crippen LogP contribution in [0.1, 0.15) is 17.5 Å². The number of sulfonamides is 2. The number of aromatic nitrogens is 2. The van der Waals surface area contributed by atoms with Gasteiger partial charge in [0.05, 0.1) is 4.90 Å². The fraction of sp³-hybridized carbons (Fsp3) is 0.304. The van der Waals surface area contributed by atoms with E-state index in [2.05, 4.69) is 25.3 Å². The van der Waals surface area contributed by atoms with Gasteiger partial charge >= 0.3 is 0 Å². The number of aryl methyl sites for hydroxylation is 1. The largest absolute Gasteiger partial charge is 0.370 e. The molecule has 3 aromatic rings. The van der Waals surface area contributed by atoms with Crippen LogP contribution < -0.4 is 15.4 Å². The van der Waals surface area contributed by atoms with E-state index in [0.717, 1.165) is 6.07 Å². The topological polar surface area (TPSA) is 133 Å². The van der Waals surface area contributed by atoms with E-state index >= 15 is 0 Å². The van der Waals surface area contributed by atoms with Crippen LogP contribution in [0.2, 0.25) is 0 Å². The summed E-state index contributed by atoms with van der Waals surface area (Å²) in [5.74, 6) is -0.0669. The zero-order valence-corrected chi connectivity index (χ0v) is 21.5. The molecule has 13 heteroatoms. The van der Waals surface area contributed by atoms with Crippen molar-refractivity contribution in [2.75, 3.05) is 37.3 Å². The van der Waals surface area contributed by atoms with E-state index in [-0.39, 0.29) is 23.8 Å². The van der Waals surface area contributed by atoms with Crippen molar-refractivity contribution in [2.45, 2.75) is 29.6 Å². The number of anilines is 3. The van der Waals surface area contributed by atoms with Gasteiger partial charge in [-0.25, -0.2) is 35.2 Å². The van der Waals surface area contributed by atoms with Gasteiger partial charge in [0.25, 0.3) is 0 Å². The molecular weight excluding hydrogens is 507 g/mol. The van der Waals surface area contributed by atoms with Crippen LogP contribution >= 0.6 is 0 Å². The van der Waals surface area contributed by atoms with Gasteiger partial charge in [0.2, 0.25) is 26.0 Å². The molecule has 0 amide bonds. The Kier molecular flexibility index (Phi) is 7.54. The maximum Gasteiger partial charge on any atom is 0.243 e. The third-order valence-corrected chi connectivity index (χ3v) is 9.00. The molecule has 0 spiro atoms. The third kappa shape index (κ3) is 5.81. The summed E-state index contributed by atoms with van der Waals surface area (Å²) in [6.45, 7) is 2.42. The summed E-state index contributed by atoms with van der Waals surface area (Å²) in [4.78, 5) is 8.58. The molecule has 0 radical (unpaired) electrons. The summed E-state index contributed by atoms with van der Waals surface area (Å²) in [6, 6.07) is 10.3. The lowest BCUT2D eigenvalue weighted by atomic mass is 10.2. The first kappa shape index (κ1) is 25.9. The number of benzene rings is 2. The van der Waals surface area contributed by atoms with Crippen molar-refractivity contribution >= 4 is 37.5 Å². The molecule has 1 aliphatic rings. The van der Waals surface area contributed by atoms with Gasteiger partial charge in [0.15, 0.2) is 0 Å². The van der Waals surface area contributed by atoms with E-state index < -0.39 is 30.8 Å². The van der Waals surface area contributed by atoms with Gasteiger partial charge in [-0.15, -0.1) is 0 Å². The van der Waals surface area contributed by atoms with E-state index in [1.54, 1.807) is 25.3 Å². The third-order valence-electron chi connectivity index (χ3n) is 5.67. The molecule has 2 aromatic carbocycles. The summed E-state index contributed by atoms with van der Waals surface area (Å²) >= 11 is 0. The highest BCUT2D eigenvalue weighted by molar-refractivity contribution is 7.89. The van der Waals surface area contributed by atoms with Gasteiger partial charge in [0, 0.05) is 44.1 Å². The van der Waals surface area contributed by atoms with Gasteiger partial charge in [0.1, 0.15) is 16.5 Å². The number of fused-ring (bicyclic) bond motifs is 4. The molecule has 4 rings (SSSR count). The van der Waals surface area contributed by atoms with Crippen LogP contribution in [0.3, 0.4) is 0 Å². The molecule has 0 saturated heterocycles. The van der Waals surface area contributed by atoms with Crippen LogP contribution in [0.15, 0.2) is 58.5 Å². The molecule has 1 aromatic heterocycles. The summed E-state index contributed by atoms with van der Waals surface area (Å²) in [6.07, 6.45) is 2.34. The quantitative estimate of drug-likeness (QED) is 0.455. The zero-order chi connectivity index (χ0) is 25.9. The zero-order valence-electron chi connectivity index (χ0n) is 19.8. The molecule has 10 nitrogen and oxygen atoms in total. The molecule has 3 N–H and O–H groups in total. The van der Waals surface area contributed by atoms with Gasteiger partial charge in [-0.2, -0.15) is 4.98 Å². The molecule has 36 heavy (non-hydrogen) atoms. The van der Waals surface area contributed by atoms with E-state index in [9.17, 15) is 21.2 Å². The fourth-order valence-corrected chi connectivity index (χ4v) is 6.14. The standard InChI is InChI=1S/C23H27FN6O4S2/c1-16-7-8-20(24)21(13-16)35(31,32)27-11-9-17-15-26-23-28-18-5-3-6-19(14-18)36(33,34)30(2)12-4-10-25-22(17)29-23/h3,5-8,13-15,27H,4,9-12H2,1-2H3,(H2,25,26,28,29). The van der Waals surface area contributed by atoms with Gasteiger partial charge in [-0.3, -0.25) is 0 Å². The lowest BCUT2D eigenvalue weighted by Gasteiger charge is -2.17. The first-order chi connectivity index (χ1) is 17.1. The molecule has 0 unspecified atom stereocenters. The highest BCUT2D eigenvalue weighted by Gasteiger charge is 2.22. The van der Waals surface area contributed by atoms with Crippen LogP contribution in [0.5, 0.6) is 0 Å². The summed E-state index contributed by atoms with van der Waals surface area (Å²) in [7, 11) is -6.15. The van der Waals surface area contributed by atoms with Gasteiger partial charge in [-0.05, 0) is 55.7 Å². The monoisotopic (exact) mass is 534 g/mol. The molecular formula is C23H27FN6O4S2. The number of hydrogen-bond donors (Lipinski definition) is 3. The van der Waals surface area contributed by atoms with Gasteiger partial charge in [-0.1, -0.05) is 12.1 Å². The number of nitrogens with zero attached hydrogens (tertiary/aromatic N) is 3. The highest BCUT2D eigenvalue weighted by atomic mass is 32.2. The number of nitrogens with one attached hydrogen (secondary N) is 3. The van der Waals surface area contributed by atoms with Crippen molar-refractivity contribution in [2.24, 2.45) is 0 Å². The SMILES string of the molecule is Cc1ccc(F)c(S(=O)(=O)NCCc2cnc3nc2NCCCN(C)S(=O)(=O)c2cccc(c2)N3)c1.